The van der Waals surface area contributed by atoms with Crippen LogP contribution in [0, 0.1) is 5.92 Å². The molecule has 100 valence electrons. The minimum absolute atomic E-state index is 0.486. The maximum atomic E-state index is 3.44. The summed E-state index contributed by atoms with van der Waals surface area (Å²) in [4.78, 5) is 2.60. The van der Waals surface area contributed by atoms with Gasteiger partial charge in [0.1, 0.15) is 0 Å². The van der Waals surface area contributed by atoms with Gasteiger partial charge < -0.3 is 10.2 Å². The van der Waals surface area contributed by atoms with Crippen molar-refractivity contribution < 1.29 is 0 Å². The third kappa shape index (κ3) is 4.11. The van der Waals surface area contributed by atoms with E-state index in [1.54, 1.807) is 0 Å². The number of benzene rings is 1. The van der Waals surface area contributed by atoms with Crippen molar-refractivity contribution in [1.29, 1.82) is 0 Å². The zero-order chi connectivity index (χ0) is 12.8. The summed E-state index contributed by atoms with van der Waals surface area (Å²) >= 11 is 0. The number of rotatable bonds is 8. The molecule has 1 N–H and O–H groups in total. The predicted octanol–water partition coefficient (Wildman–Crippen LogP) is 3.07. The lowest BCUT2D eigenvalue weighted by molar-refractivity contribution is 0.261. The molecule has 2 nitrogen and oxygen atoms in total. The molecule has 0 spiro atoms. The van der Waals surface area contributed by atoms with Gasteiger partial charge in [-0.25, -0.2) is 0 Å². The molecule has 1 fully saturated rings. The van der Waals surface area contributed by atoms with Gasteiger partial charge in [0, 0.05) is 12.6 Å². The van der Waals surface area contributed by atoms with Crippen molar-refractivity contribution in [2.45, 2.75) is 32.2 Å². The molecular formula is C16H26N2. The van der Waals surface area contributed by atoms with Crippen molar-refractivity contribution in [2.24, 2.45) is 5.92 Å². The predicted molar refractivity (Wildman–Crippen MR) is 77.7 cm³/mol. The second-order valence-corrected chi connectivity index (χ2v) is 5.38. The van der Waals surface area contributed by atoms with Crippen LogP contribution in [0.15, 0.2) is 30.3 Å². The highest BCUT2D eigenvalue weighted by Gasteiger charge is 2.23. The Morgan fingerprint density at radius 1 is 1.28 bits per heavy atom. The SMILES string of the molecule is CCN(CCC(NC)c1ccccc1)CC1CC1. The second-order valence-electron chi connectivity index (χ2n) is 5.38. The summed E-state index contributed by atoms with van der Waals surface area (Å²) in [6, 6.07) is 11.3. The van der Waals surface area contributed by atoms with Gasteiger partial charge in [-0.1, -0.05) is 37.3 Å². The van der Waals surface area contributed by atoms with Crippen LogP contribution in [0.1, 0.15) is 37.8 Å². The van der Waals surface area contributed by atoms with E-state index in [1.165, 1.54) is 44.5 Å². The summed E-state index contributed by atoms with van der Waals surface area (Å²) in [5.74, 6) is 0.995. The molecule has 1 unspecified atom stereocenters. The first-order chi connectivity index (χ1) is 8.83. The smallest absolute Gasteiger partial charge is 0.0329 e. The topological polar surface area (TPSA) is 15.3 Å². The van der Waals surface area contributed by atoms with Crippen LogP contribution in [0.4, 0.5) is 0 Å². The Morgan fingerprint density at radius 2 is 2.00 bits per heavy atom. The van der Waals surface area contributed by atoms with Gasteiger partial charge in [0.15, 0.2) is 0 Å². The van der Waals surface area contributed by atoms with E-state index < -0.39 is 0 Å². The number of nitrogens with zero attached hydrogens (tertiary/aromatic N) is 1. The van der Waals surface area contributed by atoms with Crippen molar-refractivity contribution >= 4 is 0 Å². The van der Waals surface area contributed by atoms with Gasteiger partial charge in [0.05, 0.1) is 0 Å². The Kier molecular flexibility index (Phi) is 5.21. The Bertz CT molecular complexity index is 332. The first-order valence-electron chi connectivity index (χ1n) is 7.28. The summed E-state index contributed by atoms with van der Waals surface area (Å²) in [6.45, 7) is 5.97. The molecule has 0 amide bonds. The van der Waals surface area contributed by atoms with Crippen molar-refractivity contribution in [3.8, 4) is 0 Å². The minimum Gasteiger partial charge on any atom is -0.313 e. The molecule has 18 heavy (non-hydrogen) atoms. The van der Waals surface area contributed by atoms with Crippen LogP contribution in [0.25, 0.3) is 0 Å². The molecule has 0 aliphatic heterocycles. The highest BCUT2D eigenvalue weighted by Crippen LogP contribution is 2.30. The molecule has 1 aromatic carbocycles. The van der Waals surface area contributed by atoms with E-state index >= 15 is 0 Å². The molecule has 1 aliphatic carbocycles. The Hall–Kier alpha value is -0.860. The standard InChI is InChI=1S/C16H26N2/c1-3-18(13-14-9-10-14)12-11-16(17-2)15-7-5-4-6-8-15/h4-8,14,16-17H,3,9-13H2,1-2H3. The highest BCUT2D eigenvalue weighted by atomic mass is 15.1. The van der Waals surface area contributed by atoms with E-state index in [-0.39, 0.29) is 0 Å². The van der Waals surface area contributed by atoms with E-state index in [4.69, 9.17) is 0 Å². The molecule has 0 saturated heterocycles. The highest BCUT2D eigenvalue weighted by molar-refractivity contribution is 5.18. The largest absolute Gasteiger partial charge is 0.313 e. The van der Waals surface area contributed by atoms with Crippen LogP contribution in [0.5, 0.6) is 0 Å². The molecule has 0 aromatic heterocycles. The lowest BCUT2D eigenvalue weighted by Gasteiger charge is -2.24. The van der Waals surface area contributed by atoms with E-state index in [9.17, 15) is 0 Å². The van der Waals surface area contributed by atoms with Gasteiger partial charge in [0.25, 0.3) is 0 Å². The average molecular weight is 246 g/mol. The van der Waals surface area contributed by atoms with Crippen molar-refractivity contribution in [3.05, 3.63) is 35.9 Å². The number of nitrogens with one attached hydrogen (secondary N) is 1. The Balaban J connectivity index is 1.82. The molecule has 0 radical (unpaired) electrons. The zero-order valence-corrected chi connectivity index (χ0v) is 11.7. The van der Waals surface area contributed by atoms with E-state index in [1.807, 2.05) is 0 Å². The number of hydrogen-bond donors (Lipinski definition) is 1. The molecular weight excluding hydrogens is 220 g/mol. The van der Waals surface area contributed by atoms with Gasteiger partial charge in [-0.05, 0) is 50.9 Å². The van der Waals surface area contributed by atoms with Crippen LogP contribution < -0.4 is 5.32 Å². The third-order valence-corrected chi connectivity index (χ3v) is 3.94. The van der Waals surface area contributed by atoms with Crippen LogP contribution in [0.2, 0.25) is 0 Å². The van der Waals surface area contributed by atoms with Gasteiger partial charge in [0.2, 0.25) is 0 Å². The minimum atomic E-state index is 0.486. The summed E-state index contributed by atoms with van der Waals surface area (Å²) in [6.07, 6.45) is 4.09. The molecule has 2 rings (SSSR count). The molecule has 2 heteroatoms. The molecule has 1 aromatic rings. The fraction of sp³-hybridized carbons (Fsp3) is 0.625. The van der Waals surface area contributed by atoms with Gasteiger partial charge in [-0.2, -0.15) is 0 Å². The van der Waals surface area contributed by atoms with Crippen molar-refractivity contribution in [2.75, 3.05) is 26.7 Å². The second kappa shape index (κ2) is 6.91. The van der Waals surface area contributed by atoms with E-state index in [0.717, 1.165) is 5.92 Å². The summed E-state index contributed by atoms with van der Waals surface area (Å²) in [5.41, 5.74) is 1.41. The first kappa shape index (κ1) is 13.6. The quantitative estimate of drug-likeness (QED) is 0.758. The lowest BCUT2D eigenvalue weighted by Crippen LogP contribution is -2.30. The third-order valence-electron chi connectivity index (χ3n) is 3.94. The van der Waals surface area contributed by atoms with Crippen molar-refractivity contribution in [3.63, 3.8) is 0 Å². The van der Waals surface area contributed by atoms with Gasteiger partial charge in [-0.15, -0.1) is 0 Å². The first-order valence-corrected chi connectivity index (χ1v) is 7.28. The summed E-state index contributed by atoms with van der Waals surface area (Å²) in [7, 11) is 2.06. The van der Waals surface area contributed by atoms with Crippen LogP contribution in [-0.2, 0) is 0 Å². The number of hydrogen-bond acceptors (Lipinski definition) is 2. The molecule has 1 saturated carbocycles. The molecule has 1 aliphatic rings. The van der Waals surface area contributed by atoms with E-state index in [2.05, 4.69) is 54.5 Å². The maximum absolute atomic E-state index is 3.44. The van der Waals surface area contributed by atoms with Gasteiger partial charge in [-0.3, -0.25) is 0 Å². The van der Waals surface area contributed by atoms with Gasteiger partial charge >= 0.3 is 0 Å². The lowest BCUT2D eigenvalue weighted by atomic mass is 10.0. The molecule has 1 atom stereocenters. The normalized spacial score (nSPS) is 17.1. The fourth-order valence-corrected chi connectivity index (χ4v) is 2.52. The monoisotopic (exact) mass is 246 g/mol. The fourth-order valence-electron chi connectivity index (χ4n) is 2.52. The summed E-state index contributed by atoms with van der Waals surface area (Å²) < 4.78 is 0. The van der Waals surface area contributed by atoms with Crippen LogP contribution >= 0.6 is 0 Å². The van der Waals surface area contributed by atoms with E-state index in [0.29, 0.717) is 6.04 Å². The average Bonchev–Trinajstić information content (AvgIpc) is 3.23. The van der Waals surface area contributed by atoms with Crippen LogP contribution in [-0.4, -0.2) is 31.6 Å². The molecule has 0 heterocycles. The van der Waals surface area contributed by atoms with Crippen LogP contribution in [0.3, 0.4) is 0 Å². The Labute approximate surface area is 111 Å². The molecule has 0 bridgehead atoms. The summed E-state index contributed by atoms with van der Waals surface area (Å²) in [5, 5.41) is 3.44. The Morgan fingerprint density at radius 3 is 2.56 bits per heavy atom. The van der Waals surface area contributed by atoms with Crippen molar-refractivity contribution in [1.82, 2.24) is 10.2 Å². The maximum Gasteiger partial charge on any atom is 0.0329 e. The zero-order valence-electron chi connectivity index (χ0n) is 11.7.